The summed E-state index contributed by atoms with van der Waals surface area (Å²) in [6.07, 6.45) is 18.3. The lowest BCUT2D eigenvalue weighted by Crippen LogP contribution is -2.25. The molecular weight excluding hydrogens is 415 g/mol. The summed E-state index contributed by atoms with van der Waals surface area (Å²) in [7, 11) is 0. The standard InChI is InChI=1S/C28H39FN2O2/c1-3-5-7-9-10-21-12-15-24(16-13-21)33-28(32)25-17-14-23(18-26(25)29)27-30-19-22(20-31-27)11-8-6-4-2/h14,17-21,24H,3-13,15-16H2,1-2H3/t21-,24-. The minimum absolute atomic E-state index is 0.0170. The second kappa shape index (κ2) is 13.4. The molecule has 0 unspecified atom stereocenters. The normalized spacial score (nSPS) is 18.3. The van der Waals surface area contributed by atoms with E-state index in [2.05, 4.69) is 23.8 Å². The van der Waals surface area contributed by atoms with Crippen molar-refractivity contribution in [1.82, 2.24) is 9.97 Å². The summed E-state index contributed by atoms with van der Waals surface area (Å²) in [6.45, 7) is 4.41. The van der Waals surface area contributed by atoms with Gasteiger partial charge in [-0.15, -0.1) is 0 Å². The van der Waals surface area contributed by atoms with E-state index >= 15 is 0 Å². The fraction of sp³-hybridized carbons (Fsp3) is 0.607. The molecule has 0 amide bonds. The lowest BCUT2D eigenvalue weighted by atomic mass is 9.84. The van der Waals surface area contributed by atoms with Crippen LogP contribution < -0.4 is 0 Å². The lowest BCUT2D eigenvalue weighted by Gasteiger charge is -2.28. The molecule has 33 heavy (non-hydrogen) atoms. The third-order valence-corrected chi connectivity index (χ3v) is 6.75. The summed E-state index contributed by atoms with van der Waals surface area (Å²) >= 11 is 0. The van der Waals surface area contributed by atoms with Crippen LogP contribution in [0.25, 0.3) is 11.4 Å². The minimum atomic E-state index is -0.585. The van der Waals surface area contributed by atoms with Crippen LogP contribution in [-0.2, 0) is 11.2 Å². The molecule has 3 rings (SSSR count). The Morgan fingerprint density at radius 1 is 0.970 bits per heavy atom. The average Bonchev–Trinajstić information content (AvgIpc) is 2.83. The van der Waals surface area contributed by atoms with Gasteiger partial charge in [-0.1, -0.05) is 64.9 Å². The van der Waals surface area contributed by atoms with Gasteiger partial charge < -0.3 is 4.74 Å². The first kappa shape index (κ1) is 25.3. The van der Waals surface area contributed by atoms with Crippen molar-refractivity contribution in [1.29, 1.82) is 0 Å². The van der Waals surface area contributed by atoms with Gasteiger partial charge in [-0.25, -0.2) is 19.2 Å². The number of nitrogens with zero attached hydrogens (tertiary/aromatic N) is 2. The van der Waals surface area contributed by atoms with E-state index in [1.165, 1.54) is 57.1 Å². The molecule has 2 aromatic rings. The van der Waals surface area contributed by atoms with Gasteiger partial charge in [0.05, 0.1) is 5.56 Å². The van der Waals surface area contributed by atoms with Crippen molar-refractivity contribution in [2.45, 2.75) is 103 Å². The largest absolute Gasteiger partial charge is 0.459 e. The van der Waals surface area contributed by atoms with E-state index in [0.717, 1.165) is 50.0 Å². The zero-order valence-corrected chi connectivity index (χ0v) is 20.3. The number of rotatable bonds is 12. The Hall–Kier alpha value is -2.30. The van der Waals surface area contributed by atoms with Gasteiger partial charge in [0.1, 0.15) is 11.9 Å². The third-order valence-electron chi connectivity index (χ3n) is 6.75. The van der Waals surface area contributed by atoms with Crippen LogP contribution in [0.1, 0.15) is 107 Å². The van der Waals surface area contributed by atoms with Gasteiger partial charge in [0.2, 0.25) is 0 Å². The molecule has 0 bridgehead atoms. The Kier molecular flexibility index (Phi) is 10.3. The third kappa shape index (κ3) is 7.90. The zero-order chi connectivity index (χ0) is 23.5. The van der Waals surface area contributed by atoms with Crippen LogP contribution in [0.3, 0.4) is 0 Å². The number of carbonyl (C=O) groups is 1. The highest BCUT2D eigenvalue weighted by atomic mass is 19.1. The van der Waals surface area contributed by atoms with Gasteiger partial charge in [-0.2, -0.15) is 0 Å². The number of unbranched alkanes of at least 4 members (excludes halogenated alkanes) is 5. The summed E-state index contributed by atoms with van der Waals surface area (Å²) in [5.41, 5.74) is 1.63. The van der Waals surface area contributed by atoms with Gasteiger partial charge in [-0.3, -0.25) is 0 Å². The maximum Gasteiger partial charge on any atom is 0.341 e. The van der Waals surface area contributed by atoms with Crippen LogP contribution >= 0.6 is 0 Å². The average molecular weight is 455 g/mol. The highest BCUT2D eigenvalue weighted by Gasteiger charge is 2.25. The van der Waals surface area contributed by atoms with Gasteiger partial charge in [0, 0.05) is 18.0 Å². The van der Waals surface area contributed by atoms with E-state index < -0.39 is 11.8 Å². The van der Waals surface area contributed by atoms with Crippen LogP contribution in [-0.4, -0.2) is 22.0 Å². The second-order valence-corrected chi connectivity index (χ2v) is 9.46. The van der Waals surface area contributed by atoms with E-state index in [4.69, 9.17) is 4.74 Å². The molecule has 0 radical (unpaired) electrons. The Bertz CT molecular complexity index is 861. The van der Waals surface area contributed by atoms with Crippen molar-refractivity contribution in [3.05, 3.63) is 47.5 Å². The summed E-state index contributed by atoms with van der Waals surface area (Å²) in [5, 5.41) is 0. The molecule has 1 heterocycles. The van der Waals surface area contributed by atoms with Crippen molar-refractivity contribution < 1.29 is 13.9 Å². The number of halogens is 1. The zero-order valence-electron chi connectivity index (χ0n) is 20.3. The summed E-state index contributed by atoms with van der Waals surface area (Å²) in [6, 6.07) is 4.51. The molecule has 0 atom stereocenters. The molecule has 1 aliphatic rings. The van der Waals surface area contributed by atoms with Crippen molar-refractivity contribution >= 4 is 5.97 Å². The predicted molar refractivity (Wildman–Crippen MR) is 131 cm³/mol. The molecule has 5 heteroatoms. The highest BCUT2D eigenvalue weighted by Crippen LogP contribution is 2.31. The van der Waals surface area contributed by atoms with Crippen LogP contribution in [0.4, 0.5) is 4.39 Å². The number of esters is 1. The number of hydrogen-bond acceptors (Lipinski definition) is 4. The quantitative estimate of drug-likeness (QED) is 0.243. The number of aromatic nitrogens is 2. The second-order valence-electron chi connectivity index (χ2n) is 9.46. The molecular formula is C28H39FN2O2. The molecule has 1 saturated carbocycles. The minimum Gasteiger partial charge on any atom is -0.459 e. The number of benzene rings is 1. The maximum atomic E-state index is 14.7. The molecule has 4 nitrogen and oxygen atoms in total. The number of carbonyl (C=O) groups excluding carboxylic acids is 1. The Morgan fingerprint density at radius 3 is 2.33 bits per heavy atom. The Balaban J connectivity index is 1.50. The fourth-order valence-corrected chi connectivity index (χ4v) is 4.64. The Labute approximate surface area is 198 Å². The van der Waals surface area contributed by atoms with E-state index in [1.54, 1.807) is 18.5 Å². The fourth-order valence-electron chi connectivity index (χ4n) is 4.64. The first-order valence-corrected chi connectivity index (χ1v) is 12.9. The van der Waals surface area contributed by atoms with E-state index in [1.807, 2.05) is 0 Å². The maximum absolute atomic E-state index is 14.7. The summed E-state index contributed by atoms with van der Waals surface area (Å²) < 4.78 is 20.4. The van der Waals surface area contributed by atoms with Crippen molar-refractivity contribution in [2.75, 3.05) is 0 Å². The SMILES string of the molecule is CCCCCC[C@H]1CC[C@H](OC(=O)c2ccc(-c3ncc(CCCCC)cn3)cc2F)CC1. The van der Waals surface area contributed by atoms with E-state index in [0.29, 0.717) is 11.4 Å². The van der Waals surface area contributed by atoms with Crippen molar-refractivity contribution in [3.63, 3.8) is 0 Å². The van der Waals surface area contributed by atoms with Crippen molar-refractivity contribution in [3.8, 4) is 11.4 Å². The molecule has 1 aromatic heterocycles. The topological polar surface area (TPSA) is 52.1 Å². The first-order valence-electron chi connectivity index (χ1n) is 12.9. The molecule has 0 saturated heterocycles. The van der Waals surface area contributed by atoms with Crippen LogP contribution in [0.15, 0.2) is 30.6 Å². The van der Waals surface area contributed by atoms with Crippen LogP contribution in [0.2, 0.25) is 0 Å². The van der Waals surface area contributed by atoms with Crippen molar-refractivity contribution in [2.24, 2.45) is 5.92 Å². The molecule has 1 aliphatic carbocycles. The first-order chi connectivity index (χ1) is 16.1. The molecule has 0 aliphatic heterocycles. The van der Waals surface area contributed by atoms with Gasteiger partial charge in [0.25, 0.3) is 0 Å². The van der Waals surface area contributed by atoms with Gasteiger partial charge in [0.15, 0.2) is 5.82 Å². The smallest absolute Gasteiger partial charge is 0.341 e. The lowest BCUT2D eigenvalue weighted by molar-refractivity contribution is 0.0156. The predicted octanol–water partition coefficient (Wildman–Crippen LogP) is 7.70. The number of aryl methyl sites for hydroxylation is 1. The molecule has 0 N–H and O–H groups in total. The Morgan fingerprint density at radius 2 is 1.67 bits per heavy atom. The monoisotopic (exact) mass is 454 g/mol. The molecule has 1 fully saturated rings. The molecule has 180 valence electrons. The number of ether oxygens (including phenoxy) is 1. The molecule has 0 spiro atoms. The van der Waals surface area contributed by atoms with Gasteiger partial charge >= 0.3 is 5.97 Å². The highest BCUT2D eigenvalue weighted by molar-refractivity contribution is 5.90. The van der Waals surface area contributed by atoms with Crippen LogP contribution in [0, 0.1) is 11.7 Å². The number of hydrogen-bond donors (Lipinski definition) is 0. The van der Waals surface area contributed by atoms with Gasteiger partial charge in [-0.05, 0) is 62.1 Å². The summed E-state index contributed by atoms with van der Waals surface area (Å²) in [4.78, 5) is 21.3. The summed E-state index contributed by atoms with van der Waals surface area (Å²) in [5.74, 6) is 0.0477. The molecule has 1 aromatic carbocycles. The van der Waals surface area contributed by atoms with E-state index in [9.17, 15) is 9.18 Å². The van der Waals surface area contributed by atoms with Crippen LogP contribution in [0.5, 0.6) is 0 Å². The van der Waals surface area contributed by atoms with E-state index in [-0.39, 0.29) is 11.7 Å².